The second-order valence-electron chi connectivity index (χ2n) is 6.30. The molecule has 2 aromatic heterocycles. The third kappa shape index (κ3) is 4.33. The van der Waals surface area contributed by atoms with Crippen LogP contribution in [0.4, 0.5) is 5.95 Å². The standard InChI is InChI=1S/C13H17N5O10P2/c1-3-29(22,23)28-30(24,25)26-4-6-8(19)9(20)12(27-6)18-5-17(2)7-10(18)15-13(14)16-11(7)21/h1,5-6,8-9,12,19-20H,4H2,2H3,(H4-,14,15,16,21,22,23,24,25)/p+1/t6-,8?,9+,12-/m1/s1. The minimum absolute atomic E-state index is 0.0444. The lowest BCUT2D eigenvalue weighted by Gasteiger charge is -2.17. The van der Waals surface area contributed by atoms with Crippen molar-refractivity contribution in [2.45, 2.75) is 24.5 Å². The first-order valence-corrected chi connectivity index (χ1v) is 11.2. The molecule has 0 aromatic carbocycles. The van der Waals surface area contributed by atoms with Gasteiger partial charge < -0.3 is 30.5 Å². The van der Waals surface area contributed by atoms with Crippen LogP contribution >= 0.6 is 15.4 Å². The Balaban J connectivity index is 1.82. The highest BCUT2D eigenvalue weighted by atomic mass is 31.3. The minimum atomic E-state index is -5.08. The van der Waals surface area contributed by atoms with Crippen molar-refractivity contribution in [3.8, 4) is 12.1 Å². The fourth-order valence-corrected chi connectivity index (χ4v) is 4.74. The zero-order chi connectivity index (χ0) is 22.4. The number of aliphatic hydroxyl groups is 2. The van der Waals surface area contributed by atoms with Gasteiger partial charge in [-0.15, -0.1) is 6.42 Å². The van der Waals surface area contributed by atoms with Crippen LogP contribution in [-0.2, 0) is 29.7 Å². The Hall–Kier alpha value is -2.11. The molecule has 15 nitrogen and oxygen atoms in total. The maximum Gasteiger partial charge on any atom is 0.480 e. The number of phosphoric acid groups is 1. The summed E-state index contributed by atoms with van der Waals surface area (Å²) in [5.41, 5.74) is 6.46. The Morgan fingerprint density at radius 2 is 2.10 bits per heavy atom. The summed E-state index contributed by atoms with van der Waals surface area (Å²) in [6.45, 7) is -0.811. The number of nitrogens with zero attached hydrogens (tertiary/aromatic N) is 3. The van der Waals surface area contributed by atoms with E-state index in [-0.39, 0.29) is 17.1 Å². The van der Waals surface area contributed by atoms with E-state index in [1.807, 2.05) is 0 Å². The fraction of sp³-hybridized carbons (Fsp3) is 0.462. The van der Waals surface area contributed by atoms with E-state index >= 15 is 0 Å². The number of anilines is 1. The molecule has 0 spiro atoms. The molecule has 1 aliphatic heterocycles. The number of nitrogens with one attached hydrogen (secondary N) is 1. The van der Waals surface area contributed by atoms with Crippen molar-refractivity contribution in [2.24, 2.45) is 7.05 Å². The monoisotopic (exact) mass is 466 g/mol. The predicted molar refractivity (Wildman–Crippen MR) is 97.4 cm³/mol. The van der Waals surface area contributed by atoms with Crippen molar-refractivity contribution in [3.63, 3.8) is 0 Å². The molecule has 6 atom stereocenters. The molecule has 17 heteroatoms. The van der Waals surface area contributed by atoms with E-state index in [4.69, 9.17) is 21.8 Å². The van der Waals surface area contributed by atoms with Crippen LogP contribution in [0.3, 0.4) is 0 Å². The second-order valence-corrected chi connectivity index (χ2v) is 9.45. The minimum Gasteiger partial charge on any atom is -0.387 e. The number of nitrogens with two attached hydrogens (primary N) is 1. The van der Waals surface area contributed by atoms with Crippen molar-refractivity contribution in [1.82, 2.24) is 14.5 Å². The molecule has 30 heavy (non-hydrogen) atoms. The molecule has 3 unspecified atom stereocenters. The van der Waals surface area contributed by atoms with Gasteiger partial charge in [-0.05, 0) is 0 Å². The third-order valence-corrected chi connectivity index (χ3v) is 6.69. The number of hydrogen-bond acceptors (Lipinski definition) is 10. The van der Waals surface area contributed by atoms with Gasteiger partial charge in [0.25, 0.3) is 11.5 Å². The molecule has 0 bridgehead atoms. The van der Waals surface area contributed by atoms with E-state index in [1.165, 1.54) is 28.2 Å². The number of terminal acetylenes is 1. The molecule has 1 fully saturated rings. The van der Waals surface area contributed by atoms with E-state index in [1.54, 1.807) is 0 Å². The molecule has 0 aliphatic carbocycles. The number of rotatable bonds is 6. The molecule has 0 radical (unpaired) electrons. The quantitative estimate of drug-likeness (QED) is 0.150. The van der Waals surface area contributed by atoms with Gasteiger partial charge in [-0.2, -0.15) is 4.31 Å². The number of imidazole rings is 1. The fourth-order valence-electron chi connectivity index (χ4n) is 2.91. The molecular weight excluding hydrogens is 448 g/mol. The Morgan fingerprint density at radius 3 is 2.73 bits per heavy atom. The lowest BCUT2D eigenvalue weighted by atomic mass is 10.1. The summed E-state index contributed by atoms with van der Waals surface area (Å²) in [6.07, 6.45) is 0.262. The molecule has 164 valence electrons. The molecular formula is C13H18N5O10P2+. The molecule has 2 aromatic rings. The van der Waals surface area contributed by atoms with Crippen molar-refractivity contribution >= 4 is 32.5 Å². The number of fused-ring (bicyclic) bond motifs is 1. The summed E-state index contributed by atoms with van der Waals surface area (Å²) in [7, 11) is -8.35. The molecule has 7 N–H and O–H groups in total. The number of aliphatic hydroxyl groups excluding tert-OH is 2. The van der Waals surface area contributed by atoms with Crippen LogP contribution in [-0.4, -0.2) is 59.5 Å². The Labute approximate surface area is 167 Å². The summed E-state index contributed by atoms with van der Waals surface area (Å²) in [5.74, 6) is -0.194. The molecule has 1 aliphatic rings. The summed E-state index contributed by atoms with van der Waals surface area (Å²) < 4.78 is 39.7. The van der Waals surface area contributed by atoms with Crippen LogP contribution in [0.25, 0.3) is 11.2 Å². The number of aryl methyl sites for hydroxylation is 1. The van der Waals surface area contributed by atoms with Gasteiger partial charge in [-0.1, -0.05) is 4.98 Å². The van der Waals surface area contributed by atoms with Gasteiger partial charge in [0, 0.05) is 5.66 Å². The van der Waals surface area contributed by atoms with Gasteiger partial charge in [0.2, 0.25) is 11.7 Å². The normalized spacial score (nSPS) is 28.1. The van der Waals surface area contributed by atoms with Crippen LogP contribution in [0.1, 0.15) is 6.23 Å². The zero-order valence-corrected chi connectivity index (χ0v) is 17.0. The smallest absolute Gasteiger partial charge is 0.387 e. The highest BCUT2D eigenvalue weighted by Gasteiger charge is 2.48. The van der Waals surface area contributed by atoms with Gasteiger partial charge >= 0.3 is 21.1 Å². The highest BCUT2D eigenvalue weighted by Crippen LogP contribution is 2.59. The summed E-state index contributed by atoms with van der Waals surface area (Å²) in [5, 5.41) is 20.6. The Kier molecular flexibility index (Phi) is 5.91. The largest absolute Gasteiger partial charge is 0.480 e. The highest BCUT2D eigenvalue weighted by molar-refractivity contribution is 7.67. The number of ether oxygens (including phenoxy) is 1. The zero-order valence-electron chi connectivity index (χ0n) is 15.2. The number of hydrogen-bond donors (Lipinski definition) is 6. The number of nitrogen functional groups attached to an aromatic ring is 1. The second kappa shape index (κ2) is 7.86. The van der Waals surface area contributed by atoms with Crippen LogP contribution < -0.4 is 15.9 Å². The van der Waals surface area contributed by atoms with Crippen molar-refractivity contribution in [3.05, 3.63) is 16.7 Å². The lowest BCUT2D eigenvalue weighted by Crippen LogP contribution is -2.46. The lowest BCUT2D eigenvalue weighted by molar-refractivity contribution is -0.745. The molecule has 0 saturated carbocycles. The van der Waals surface area contributed by atoms with Gasteiger partial charge in [-0.3, -0.25) is 18.9 Å². The first-order valence-electron chi connectivity index (χ1n) is 8.12. The van der Waals surface area contributed by atoms with Gasteiger partial charge in [-0.25, -0.2) is 13.7 Å². The number of aromatic amines is 1. The Bertz CT molecular complexity index is 1170. The maximum absolute atomic E-state index is 12.1. The van der Waals surface area contributed by atoms with Crippen LogP contribution in [0.2, 0.25) is 0 Å². The average molecular weight is 466 g/mol. The van der Waals surface area contributed by atoms with Gasteiger partial charge in [0.05, 0.1) is 13.7 Å². The summed E-state index contributed by atoms with van der Waals surface area (Å²) >= 11 is 0. The maximum atomic E-state index is 12.1. The van der Waals surface area contributed by atoms with Crippen molar-refractivity contribution in [2.75, 3.05) is 12.3 Å². The van der Waals surface area contributed by atoms with Crippen LogP contribution in [0.5, 0.6) is 0 Å². The summed E-state index contributed by atoms with van der Waals surface area (Å²) in [4.78, 5) is 37.0. The first-order chi connectivity index (χ1) is 13.8. The van der Waals surface area contributed by atoms with E-state index in [2.05, 4.69) is 18.8 Å². The average Bonchev–Trinajstić information content (AvgIpc) is 3.10. The van der Waals surface area contributed by atoms with Gasteiger partial charge in [0.1, 0.15) is 18.3 Å². The molecule has 1 saturated heterocycles. The van der Waals surface area contributed by atoms with E-state index in [0.29, 0.717) is 0 Å². The number of aromatic nitrogens is 4. The molecule has 3 heterocycles. The third-order valence-electron chi connectivity index (χ3n) is 4.18. The van der Waals surface area contributed by atoms with E-state index < -0.39 is 52.1 Å². The first kappa shape index (κ1) is 22.6. The number of phosphoric ester groups is 1. The van der Waals surface area contributed by atoms with E-state index in [9.17, 15) is 29.0 Å². The van der Waals surface area contributed by atoms with Crippen molar-refractivity contribution < 1.29 is 47.3 Å². The van der Waals surface area contributed by atoms with Crippen LogP contribution in [0, 0.1) is 12.1 Å². The SMILES string of the molecule is C#CP(=O)(O)OP(=O)(O)OC[C@H]1O[C@@H]([n+]2cn(C)c3c(=O)[nH]c(N)nc32)[C@@H](O)C1O. The van der Waals surface area contributed by atoms with Crippen LogP contribution in [0.15, 0.2) is 11.1 Å². The predicted octanol–water partition coefficient (Wildman–Crippen LogP) is -2.34. The molecule has 3 rings (SSSR count). The van der Waals surface area contributed by atoms with Gasteiger partial charge in [0.15, 0.2) is 6.33 Å². The molecule has 0 amide bonds. The van der Waals surface area contributed by atoms with Crippen molar-refractivity contribution in [1.29, 1.82) is 0 Å². The Morgan fingerprint density at radius 1 is 1.43 bits per heavy atom. The topological polar surface area (TPSA) is 223 Å². The number of H-pyrrole nitrogens is 1. The summed E-state index contributed by atoms with van der Waals surface area (Å²) in [6, 6.07) is 0. The van der Waals surface area contributed by atoms with E-state index in [0.717, 1.165) is 0 Å².